The standard InChI is InChI=1S/C35H40N4O5/c1-24(2)37-23-38(30(26-17-11-7-12-18-26)27-19-13-8-14-20-27)39-29(36-34(42)44-35(3,4)5)21-28(40)32(31(39)33(37)41)43-22-25-15-9-6-10-16-25/h6-21,24,28,30,40H,22-23H2,1-5H3,(H,36,42). The fourth-order valence-electron chi connectivity index (χ4n) is 5.34. The number of hydrogen-bond donors (Lipinski definition) is 2. The molecule has 0 saturated carbocycles. The first-order valence-corrected chi connectivity index (χ1v) is 14.8. The number of carbonyl (C=O) groups excluding carboxylic acids is 2. The zero-order valence-corrected chi connectivity index (χ0v) is 25.8. The quantitative estimate of drug-likeness (QED) is 0.346. The van der Waals surface area contributed by atoms with Gasteiger partial charge in [-0.3, -0.25) is 10.1 Å². The van der Waals surface area contributed by atoms with Crippen LogP contribution in [0, 0.1) is 0 Å². The topological polar surface area (TPSA) is 94.6 Å². The van der Waals surface area contributed by atoms with Gasteiger partial charge in [0, 0.05) is 6.04 Å². The third-order valence-electron chi connectivity index (χ3n) is 7.29. The van der Waals surface area contributed by atoms with Crippen molar-refractivity contribution >= 4 is 12.0 Å². The van der Waals surface area contributed by atoms with Gasteiger partial charge in [-0.15, -0.1) is 0 Å². The molecule has 3 aromatic rings. The van der Waals surface area contributed by atoms with E-state index < -0.39 is 17.8 Å². The highest BCUT2D eigenvalue weighted by Crippen LogP contribution is 2.40. The van der Waals surface area contributed by atoms with Crippen LogP contribution < -0.4 is 5.32 Å². The number of alkyl carbamates (subject to hydrolysis) is 1. The van der Waals surface area contributed by atoms with Gasteiger partial charge in [-0.2, -0.15) is 5.01 Å². The van der Waals surface area contributed by atoms with Gasteiger partial charge < -0.3 is 19.5 Å². The molecule has 3 aromatic carbocycles. The highest BCUT2D eigenvalue weighted by atomic mass is 16.6. The van der Waals surface area contributed by atoms with E-state index in [0.29, 0.717) is 0 Å². The summed E-state index contributed by atoms with van der Waals surface area (Å²) in [4.78, 5) is 29.2. The van der Waals surface area contributed by atoms with Gasteiger partial charge in [-0.25, -0.2) is 9.80 Å². The third-order valence-corrected chi connectivity index (χ3v) is 7.29. The number of hydrogen-bond acceptors (Lipinski definition) is 7. The van der Waals surface area contributed by atoms with Gasteiger partial charge in [0.2, 0.25) is 0 Å². The summed E-state index contributed by atoms with van der Waals surface area (Å²) in [6, 6.07) is 29.0. The highest BCUT2D eigenvalue weighted by molar-refractivity contribution is 5.95. The number of nitrogens with one attached hydrogen (secondary N) is 1. The Labute approximate surface area is 259 Å². The molecule has 230 valence electrons. The number of rotatable bonds is 8. The molecule has 0 aliphatic carbocycles. The molecule has 2 aliphatic heterocycles. The lowest BCUT2D eigenvalue weighted by atomic mass is 9.97. The second kappa shape index (κ2) is 13.0. The third kappa shape index (κ3) is 6.79. The Balaban J connectivity index is 1.67. The van der Waals surface area contributed by atoms with Gasteiger partial charge >= 0.3 is 6.09 Å². The Morgan fingerprint density at radius 3 is 2.00 bits per heavy atom. The molecule has 1 fully saturated rings. The Kier molecular flexibility index (Phi) is 9.08. The molecule has 2 heterocycles. The molecule has 1 saturated heterocycles. The van der Waals surface area contributed by atoms with Gasteiger partial charge in [0.1, 0.15) is 24.1 Å². The Morgan fingerprint density at radius 2 is 1.48 bits per heavy atom. The minimum absolute atomic E-state index is 0.101. The van der Waals surface area contributed by atoms with Crippen LogP contribution in [-0.4, -0.2) is 56.4 Å². The first-order valence-electron chi connectivity index (χ1n) is 14.8. The first-order chi connectivity index (χ1) is 21.0. The van der Waals surface area contributed by atoms with Crippen LogP contribution in [0.25, 0.3) is 0 Å². The molecule has 1 unspecified atom stereocenters. The molecule has 0 spiro atoms. The first kappa shape index (κ1) is 30.8. The zero-order chi connectivity index (χ0) is 31.4. The van der Waals surface area contributed by atoms with Crippen molar-refractivity contribution in [2.24, 2.45) is 0 Å². The predicted octanol–water partition coefficient (Wildman–Crippen LogP) is 5.67. The van der Waals surface area contributed by atoms with E-state index in [1.165, 1.54) is 6.08 Å². The van der Waals surface area contributed by atoms with E-state index in [9.17, 15) is 14.7 Å². The summed E-state index contributed by atoms with van der Waals surface area (Å²) >= 11 is 0. The van der Waals surface area contributed by atoms with Crippen molar-refractivity contribution in [1.82, 2.24) is 20.2 Å². The minimum atomic E-state index is -1.31. The fourth-order valence-corrected chi connectivity index (χ4v) is 5.34. The molecule has 0 bridgehead atoms. The second-order valence-electron chi connectivity index (χ2n) is 12.1. The minimum Gasteiger partial charge on any atom is -0.488 e. The van der Waals surface area contributed by atoms with Crippen molar-refractivity contribution in [3.63, 3.8) is 0 Å². The van der Waals surface area contributed by atoms with E-state index in [-0.39, 0.29) is 48.5 Å². The molecule has 9 nitrogen and oxygen atoms in total. The van der Waals surface area contributed by atoms with Crippen LogP contribution >= 0.6 is 0 Å². The number of hydrazine groups is 1. The Bertz CT molecular complexity index is 1480. The zero-order valence-electron chi connectivity index (χ0n) is 25.8. The van der Waals surface area contributed by atoms with Crippen molar-refractivity contribution < 1.29 is 24.2 Å². The summed E-state index contributed by atoms with van der Waals surface area (Å²) in [7, 11) is 0. The molecule has 9 heteroatoms. The van der Waals surface area contributed by atoms with Crippen LogP contribution in [-0.2, 0) is 20.9 Å². The number of aliphatic hydroxyl groups is 1. The number of ether oxygens (including phenoxy) is 2. The highest BCUT2D eigenvalue weighted by Gasteiger charge is 2.47. The number of nitrogens with zero attached hydrogens (tertiary/aromatic N) is 3. The lowest BCUT2D eigenvalue weighted by molar-refractivity contribution is -0.156. The monoisotopic (exact) mass is 596 g/mol. The molecule has 44 heavy (non-hydrogen) atoms. The van der Waals surface area contributed by atoms with E-state index in [4.69, 9.17) is 9.47 Å². The maximum absolute atomic E-state index is 14.3. The van der Waals surface area contributed by atoms with Crippen LogP contribution in [0.3, 0.4) is 0 Å². The SMILES string of the molecule is CC(C)N1CN(C(c2ccccc2)c2ccccc2)N2C(NC(=O)OC(C)(C)C)=CC(O)C(OCc3ccccc3)=C2C1=O. The normalized spacial score (nSPS) is 17.5. The van der Waals surface area contributed by atoms with Gasteiger partial charge in [0.25, 0.3) is 5.91 Å². The largest absolute Gasteiger partial charge is 0.488 e. The summed E-state index contributed by atoms with van der Waals surface area (Å²) in [5, 5.41) is 17.9. The lowest BCUT2D eigenvalue weighted by Gasteiger charge is -2.51. The molecule has 2 aliphatic rings. The van der Waals surface area contributed by atoms with Crippen molar-refractivity contribution in [2.45, 2.75) is 65.0 Å². The molecule has 0 aromatic heterocycles. The van der Waals surface area contributed by atoms with Gasteiger partial charge in [0.15, 0.2) is 11.5 Å². The molecule has 2 N–H and O–H groups in total. The maximum atomic E-state index is 14.3. The van der Waals surface area contributed by atoms with Gasteiger partial charge in [-0.1, -0.05) is 91.0 Å². The van der Waals surface area contributed by atoms with Gasteiger partial charge in [0.05, 0.1) is 12.7 Å². The van der Waals surface area contributed by atoms with Crippen LogP contribution in [0.15, 0.2) is 114 Å². The van der Waals surface area contributed by atoms with Crippen molar-refractivity contribution in [2.75, 3.05) is 6.67 Å². The molecule has 0 radical (unpaired) electrons. The average Bonchev–Trinajstić information content (AvgIpc) is 2.98. The van der Waals surface area contributed by atoms with Crippen LogP contribution in [0.4, 0.5) is 4.79 Å². The van der Waals surface area contributed by atoms with Gasteiger partial charge in [-0.05, 0) is 57.4 Å². The molecular weight excluding hydrogens is 556 g/mol. The molecule has 5 rings (SSSR count). The van der Waals surface area contributed by atoms with E-state index >= 15 is 0 Å². The van der Waals surface area contributed by atoms with Crippen LogP contribution in [0.2, 0.25) is 0 Å². The van der Waals surface area contributed by atoms with Crippen LogP contribution in [0.1, 0.15) is 57.4 Å². The fraction of sp³-hybridized carbons (Fsp3) is 0.314. The van der Waals surface area contributed by atoms with Crippen molar-refractivity contribution in [1.29, 1.82) is 0 Å². The summed E-state index contributed by atoms with van der Waals surface area (Å²) in [5.41, 5.74) is 2.20. The second-order valence-corrected chi connectivity index (χ2v) is 12.1. The van der Waals surface area contributed by atoms with E-state index in [2.05, 4.69) is 5.32 Å². The number of fused-ring (bicyclic) bond motifs is 1. The number of aliphatic hydroxyl groups excluding tert-OH is 1. The summed E-state index contributed by atoms with van der Waals surface area (Å²) < 4.78 is 11.8. The summed E-state index contributed by atoms with van der Waals surface area (Å²) in [5.74, 6) is -0.0268. The molecule has 1 atom stereocenters. The number of carbonyl (C=O) groups is 2. The van der Waals surface area contributed by atoms with E-state index in [1.807, 2.05) is 110 Å². The summed E-state index contributed by atoms with van der Waals surface area (Å²) in [6.45, 7) is 9.56. The van der Waals surface area contributed by atoms with Crippen LogP contribution in [0.5, 0.6) is 0 Å². The molecular formula is C35H40N4O5. The van der Waals surface area contributed by atoms with Crippen molar-refractivity contribution in [3.8, 4) is 0 Å². The summed E-state index contributed by atoms with van der Waals surface area (Å²) in [6.07, 6.45) is -0.537. The Hall–Kier alpha value is -4.60. The smallest absolute Gasteiger partial charge is 0.413 e. The number of benzene rings is 3. The average molecular weight is 597 g/mol. The Morgan fingerprint density at radius 1 is 0.932 bits per heavy atom. The van der Waals surface area contributed by atoms with E-state index in [0.717, 1.165) is 16.7 Å². The van der Waals surface area contributed by atoms with Crippen molar-refractivity contribution in [3.05, 3.63) is 131 Å². The predicted molar refractivity (Wildman–Crippen MR) is 167 cm³/mol. The number of amides is 2. The van der Waals surface area contributed by atoms with E-state index in [1.54, 1.807) is 30.7 Å². The lowest BCUT2D eigenvalue weighted by Crippen LogP contribution is -2.63. The molecule has 2 amide bonds. The maximum Gasteiger partial charge on any atom is 0.413 e.